The molecule has 0 unspecified atom stereocenters. The molecular formula is C11H17BrN4O. The number of halogens is 1. The predicted octanol–water partition coefficient (Wildman–Crippen LogP) is 2.00. The lowest BCUT2D eigenvalue weighted by molar-refractivity contribution is 0.116. The van der Waals surface area contributed by atoms with Gasteiger partial charge < -0.3 is 15.7 Å². The SMILES string of the molecule is CNc1nc(N[C@@H]2CCCC[C@H]2O)ncc1Br. The van der Waals surface area contributed by atoms with Crippen molar-refractivity contribution in [2.75, 3.05) is 17.7 Å². The predicted molar refractivity (Wildman–Crippen MR) is 71.2 cm³/mol. The molecule has 1 aromatic heterocycles. The molecule has 2 rings (SSSR count). The number of anilines is 2. The van der Waals surface area contributed by atoms with Crippen molar-refractivity contribution in [2.45, 2.75) is 37.8 Å². The van der Waals surface area contributed by atoms with Crippen molar-refractivity contribution in [3.63, 3.8) is 0 Å². The number of rotatable bonds is 3. The Labute approximate surface area is 109 Å². The van der Waals surface area contributed by atoms with E-state index in [1.807, 2.05) is 7.05 Å². The molecule has 6 heteroatoms. The highest BCUT2D eigenvalue weighted by molar-refractivity contribution is 9.10. The molecule has 1 aromatic rings. The number of hydrogen-bond donors (Lipinski definition) is 3. The zero-order valence-corrected chi connectivity index (χ0v) is 11.4. The van der Waals surface area contributed by atoms with Crippen LogP contribution in [0, 0.1) is 0 Å². The molecule has 0 amide bonds. The second kappa shape index (κ2) is 5.64. The smallest absolute Gasteiger partial charge is 0.224 e. The molecular weight excluding hydrogens is 284 g/mol. The van der Waals surface area contributed by atoms with Gasteiger partial charge in [-0.05, 0) is 28.8 Å². The number of hydrogen-bond acceptors (Lipinski definition) is 5. The van der Waals surface area contributed by atoms with Crippen LogP contribution in [-0.2, 0) is 0 Å². The maximum atomic E-state index is 9.87. The Morgan fingerprint density at radius 2 is 2.18 bits per heavy atom. The minimum Gasteiger partial charge on any atom is -0.391 e. The number of aliphatic hydroxyl groups excluding tert-OH is 1. The van der Waals surface area contributed by atoms with Crippen molar-refractivity contribution < 1.29 is 5.11 Å². The molecule has 1 heterocycles. The molecule has 0 aromatic carbocycles. The normalized spacial score (nSPS) is 24.4. The summed E-state index contributed by atoms with van der Waals surface area (Å²) in [6, 6.07) is 0.0645. The molecule has 0 radical (unpaired) electrons. The van der Waals surface area contributed by atoms with E-state index in [0.29, 0.717) is 5.95 Å². The van der Waals surface area contributed by atoms with Crippen LogP contribution in [0.15, 0.2) is 10.7 Å². The first kappa shape index (κ1) is 12.6. The van der Waals surface area contributed by atoms with Gasteiger partial charge in [-0.25, -0.2) is 4.98 Å². The van der Waals surface area contributed by atoms with Crippen LogP contribution in [0.2, 0.25) is 0 Å². The van der Waals surface area contributed by atoms with E-state index in [1.165, 1.54) is 0 Å². The second-order valence-corrected chi connectivity index (χ2v) is 5.10. The Kier molecular flexibility index (Phi) is 4.17. The third-order valence-corrected chi connectivity index (χ3v) is 3.61. The van der Waals surface area contributed by atoms with Gasteiger partial charge in [0.15, 0.2) is 0 Å². The zero-order chi connectivity index (χ0) is 12.3. The molecule has 1 saturated carbocycles. The number of nitrogens with one attached hydrogen (secondary N) is 2. The largest absolute Gasteiger partial charge is 0.391 e. The Hall–Kier alpha value is -0.880. The van der Waals surface area contributed by atoms with Gasteiger partial charge in [0.1, 0.15) is 5.82 Å². The van der Waals surface area contributed by atoms with Gasteiger partial charge in [-0.15, -0.1) is 0 Å². The molecule has 5 nitrogen and oxygen atoms in total. The molecule has 1 fully saturated rings. The highest BCUT2D eigenvalue weighted by Gasteiger charge is 2.23. The van der Waals surface area contributed by atoms with Crippen LogP contribution in [0.5, 0.6) is 0 Å². The van der Waals surface area contributed by atoms with Crippen molar-refractivity contribution in [1.82, 2.24) is 9.97 Å². The van der Waals surface area contributed by atoms with Gasteiger partial charge in [-0.2, -0.15) is 4.98 Å². The van der Waals surface area contributed by atoms with E-state index in [1.54, 1.807) is 6.20 Å². The van der Waals surface area contributed by atoms with Crippen LogP contribution in [0.25, 0.3) is 0 Å². The van der Waals surface area contributed by atoms with Crippen molar-refractivity contribution in [3.05, 3.63) is 10.7 Å². The Morgan fingerprint density at radius 3 is 2.88 bits per heavy atom. The maximum Gasteiger partial charge on any atom is 0.224 e. The summed E-state index contributed by atoms with van der Waals surface area (Å²) in [6.07, 6.45) is 5.47. The van der Waals surface area contributed by atoms with E-state index in [9.17, 15) is 5.11 Å². The van der Waals surface area contributed by atoms with Crippen LogP contribution in [-0.4, -0.2) is 34.3 Å². The lowest BCUT2D eigenvalue weighted by Gasteiger charge is -2.28. The van der Waals surface area contributed by atoms with Gasteiger partial charge in [0, 0.05) is 13.2 Å². The van der Waals surface area contributed by atoms with Gasteiger partial charge in [0.25, 0.3) is 0 Å². The molecule has 0 spiro atoms. The molecule has 3 N–H and O–H groups in total. The standard InChI is InChI=1S/C11H17BrN4O/c1-13-10-7(12)6-14-11(16-10)15-8-4-2-3-5-9(8)17/h6,8-9,17H,2-5H2,1H3,(H2,13,14,15,16)/t8-,9-/m1/s1. The van der Waals surface area contributed by atoms with Crippen LogP contribution in [0.4, 0.5) is 11.8 Å². The number of aromatic nitrogens is 2. The van der Waals surface area contributed by atoms with E-state index in [2.05, 4.69) is 36.5 Å². The summed E-state index contributed by atoms with van der Waals surface area (Å²) >= 11 is 3.36. The van der Waals surface area contributed by atoms with Crippen molar-refractivity contribution >= 4 is 27.7 Å². The quantitative estimate of drug-likeness (QED) is 0.796. The minimum atomic E-state index is -0.297. The lowest BCUT2D eigenvalue weighted by atomic mass is 9.93. The average molecular weight is 301 g/mol. The van der Waals surface area contributed by atoms with E-state index < -0.39 is 0 Å². The van der Waals surface area contributed by atoms with Gasteiger partial charge in [0.05, 0.1) is 16.6 Å². The van der Waals surface area contributed by atoms with Crippen LogP contribution < -0.4 is 10.6 Å². The fraction of sp³-hybridized carbons (Fsp3) is 0.636. The molecule has 94 valence electrons. The first-order valence-corrected chi connectivity index (χ1v) is 6.65. The Morgan fingerprint density at radius 1 is 1.41 bits per heavy atom. The summed E-state index contributed by atoms with van der Waals surface area (Å²) in [4.78, 5) is 8.52. The fourth-order valence-electron chi connectivity index (χ4n) is 2.06. The lowest BCUT2D eigenvalue weighted by Crippen LogP contribution is -2.36. The maximum absolute atomic E-state index is 9.87. The van der Waals surface area contributed by atoms with E-state index in [0.717, 1.165) is 36.0 Å². The second-order valence-electron chi connectivity index (χ2n) is 4.24. The highest BCUT2D eigenvalue weighted by atomic mass is 79.9. The Bertz CT molecular complexity index is 388. The van der Waals surface area contributed by atoms with Gasteiger partial charge >= 0.3 is 0 Å². The van der Waals surface area contributed by atoms with E-state index in [4.69, 9.17) is 0 Å². The molecule has 1 aliphatic carbocycles. The van der Waals surface area contributed by atoms with Gasteiger partial charge in [0.2, 0.25) is 5.95 Å². The third kappa shape index (κ3) is 3.07. The molecule has 0 aliphatic heterocycles. The minimum absolute atomic E-state index is 0.0645. The fourth-order valence-corrected chi connectivity index (χ4v) is 2.45. The summed E-state index contributed by atoms with van der Waals surface area (Å²) < 4.78 is 0.828. The van der Waals surface area contributed by atoms with Crippen LogP contribution in [0.1, 0.15) is 25.7 Å². The van der Waals surface area contributed by atoms with E-state index in [-0.39, 0.29) is 12.1 Å². The summed E-state index contributed by atoms with van der Waals surface area (Å²) in [5.41, 5.74) is 0. The molecule has 0 saturated heterocycles. The summed E-state index contributed by atoms with van der Waals surface area (Å²) in [5, 5.41) is 16.1. The molecule has 17 heavy (non-hydrogen) atoms. The summed E-state index contributed by atoms with van der Waals surface area (Å²) in [6.45, 7) is 0. The monoisotopic (exact) mass is 300 g/mol. The van der Waals surface area contributed by atoms with Crippen LogP contribution >= 0.6 is 15.9 Å². The average Bonchev–Trinajstić information content (AvgIpc) is 2.34. The Balaban J connectivity index is 2.07. The van der Waals surface area contributed by atoms with Gasteiger partial charge in [-0.1, -0.05) is 12.8 Å². The number of aliphatic hydroxyl groups is 1. The summed E-state index contributed by atoms with van der Waals surface area (Å²) in [7, 11) is 1.81. The molecule has 0 bridgehead atoms. The highest BCUT2D eigenvalue weighted by Crippen LogP contribution is 2.23. The first-order chi connectivity index (χ1) is 8.20. The molecule has 1 aliphatic rings. The van der Waals surface area contributed by atoms with E-state index >= 15 is 0 Å². The summed E-state index contributed by atoms with van der Waals surface area (Å²) in [5.74, 6) is 1.30. The van der Waals surface area contributed by atoms with Crippen molar-refractivity contribution in [2.24, 2.45) is 0 Å². The van der Waals surface area contributed by atoms with Gasteiger partial charge in [-0.3, -0.25) is 0 Å². The third-order valence-electron chi connectivity index (χ3n) is 3.02. The zero-order valence-electron chi connectivity index (χ0n) is 9.78. The van der Waals surface area contributed by atoms with Crippen molar-refractivity contribution in [3.8, 4) is 0 Å². The molecule has 2 atom stereocenters. The van der Waals surface area contributed by atoms with Crippen LogP contribution in [0.3, 0.4) is 0 Å². The number of nitrogens with zero attached hydrogens (tertiary/aromatic N) is 2. The topological polar surface area (TPSA) is 70.1 Å². The van der Waals surface area contributed by atoms with Crippen molar-refractivity contribution in [1.29, 1.82) is 0 Å². The first-order valence-electron chi connectivity index (χ1n) is 5.85.